The molecule has 3 aromatic rings. The molecule has 8 heteroatoms. The normalized spacial score (nSPS) is 11.2. The fourth-order valence-electron chi connectivity index (χ4n) is 3.57. The average molecular weight is 491 g/mol. The Morgan fingerprint density at radius 1 is 0.833 bits per heavy atom. The highest BCUT2D eigenvalue weighted by molar-refractivity contribution is 5.94. The van der Waals surface area contributed by atoms with Crippen LogP contribution in [0.3, 0.4) is 0 Å². The SMILES string of the molecule is COc1ccc(CCNC(=O)COC(=O)CC(NC(=O)c2ccccc2)c2ccccc2)cc1OC. The second kappa shape index (κ2) is 13.5. The van der Waals surface area contributed by atoms with Gasteiger partial charge in [0.05, 0.1) is 26.7 Å². The van der Waals surface area contributed by atoms with Crippen LogP contribution in [0.2, 0.25) is 0 Å². The third-order valence-corrected chi connectivity index (χ3v) is 5.46. The lowest BCUT2D eigenvalue weighted by molar-refractivity contribution is -0.149. The van der Waals surface area contributed by atoms with Crippen molar-refractivity contribution in [3.8, 4) is 11.5 Å². The largest absolute Gasteiger partial charge is 0.493 e. The molecular weight excluding hydrogens is 460 g/mol. The second-order valence-electron chi connectivity index (χ2n) is 7.96. The van der Waals surface area contributed by atoms with E-state index >= 15 is 0 Å². The number of esters is 1. The molecule has 36 heavy (non-hydrogen) atoms. The Bertz CT molecular complexity index is 1150. The van der Waals surface area contributed by atoms with Gasteiger partial charge in [0, 0.05) is 12.1 Å². The first-order valence-electron chi connectivity index (χ1n) is 11.5. The summed E-state index contributed by atoms with van der Waals surface area (Å²) in [5.74, 6) is -0.0561. The van der Waals surface area contributed by atoms with Crippen LogP contribution < -0.4 is 20.1 Å². The Morgan fingerprint density at radius 3 is 2.17 bits per heavy atom. The molecule has 0 aliphatic carbocycles. The number of carbonyl (C=O) groups is 3. The summed E-state index contributed by atoms with van der Waals surface area (Å²) < 4.78 is 15.7. The van der Waals surface area contributed by atoms with Gasteiger partial charge in [-0.15, -0.1) is 0 Å². The van der Waals surface area contributed by atoms with Crippen LogP contribution in [-0.4, -0.2) is 45.2 Å². The van der Waals surface area contributed by atoms with E-state index in [0.29, 0.717) is 30.0 Å². The van der Waals surface area contributed by atoms with Crippen molar-refractivity contribution >= 4 is 17.8 Å². The minimum atomic E-state index is -0.598. The summed E-state index contributed by atoms with van der Waals surface area (Å²) in [6.07, 6.45) is 0.461. The van der Waals surface area contributed by atoms with Crippen LogP contribution in [0.4, 0.5) is 0 Å². The molecule has 1 atom stereocenters. The second-order valence-corrected chi connectivity index (χ2v) is 7.96. The maximum Gasteiger partial charge on any atom is 0.308 e. The number of nitrogens with one attached hydrogen (secondary N) is 2. The summed E-state index contributed by atoms with van der Waals surface area (Å²) >= 11 is 0. The van der Waals surface area contributed by atoms with E-state index in [4.69, 9.17) is 14.2 Å². The molecule has 0 aromatic heterocycles. The van der Waals surface area contributed by atoms with E-state index in [9.17, 15) is 14.4 Å². The molecule has 0 aliphatic rings. The summed E-state index contributed by atoms with van der Waals surface area (Å²) in [7, 11) is 3.13. The molecule has 0 aliphatic heterocycles. The van der Waals surface area contributed by atoms with Crippen LogP contribution in [0.15, 0.2) is 78.9 Å². The molecule has 3 aromatic carbocycles. The van der Waals surface area contributed by atoms with Gasteiger partial charge in [0.1, 0.15) is 0 Å². The Balaban J connectivity index is 1.48. The van der Waals surface area contributed by atoms with Crippen molar-refractivity contribution in [1.29, 1.82) is 0 Å². The van der Waals surface area contributed by atoms with E-state index in [1.54, 1.807) is 44.6 Å². The molecule has 0 saturated carbocycles. The van der Waals surface area contributed by atoms with Gasteiger partial charge in [0.25, 0.3) is 11.8 Å². The number of methoxy groups -OCH3 is 2. The number of hydrogen-bond acceptors (Lipinski definition) is 6. The molecule has 0 saturated heterocycles. The van der Waals surface area contributed by atoms with Crippen molar-refractivity contribution in [1.82, 2.24) is 10.6 Å². The van der Waals surface area contributed by atoms with Crippen LogP contribution in [0.1, 0.15) is 33.9 Å². The van der Waals surface area contributed by atoms with Gasteiger partial charge in [-0.2, -0.15) is 0 Å². The van der Waals surface area contributed by atoms with Crippen molar-refractivity contribution in [2.75, 3.05) is 27.4 Å². The van der Waals surface area contributed by atoms with Crippen LogP contribution >= 0.6 is 0 Å². The highest BCUT2D eigenvalue weighted by atomic mass is 16.5. The molecular formula is C28H30N2O6. The van der Waals surface area contributed by atoms with Gasteiger partial charge < -0.3 is 24.8 Å². The molecule has 1 unspecified atom stereocenters. The minimum Gasteiger partial charge on any atom is -0.493 e. The first kappa shape index (κ1) is 26.3. The number of ether oxygens (including phenoxy) is 3. The van der Waals surface area contributed by atoms with E-state index in [0.717, 1.165) is 11.1 Å². The summed E-state index contributed by atoms with van der Waals surface area (Å²) in [5.41, 5.74) is 2.21. The standard InChI is InChI=1S/C28H30N2O6/c1-34-24-14-13-20(17-25(24)35-2)15-16-29-26(31)19-36-27(32)18-23(21-9-5-3-6-10-21)30-28(33)22-11-7-4-8-12-22/h3-14,17,23H,15-16,18-19H2,1-2H3,(H,29,31)(H,30,33). The van der Waals surface area contributed by atoms with Gasteiger partial charge in [-0.05, 0) is 41.8 Å². The Labute approximate surface area is 210 Å². The van der Waals surface area contributed by atoms with E-state index in [2.05, 4.69) is 10.6 Å². The van der Waals surface area contributed by atoms with Crippen LogP contribution in [0.25, 0.3) is 0 Å². The predicted octanol–water partition coefficient (Wildman–Crippen LogP) is 3.47. The third-order valence-electron chi connectivity index (χ3n) is 5.46. The van der Waals surface area contributed by atoms with Crippen molar-refractivity contribution < 1.29 is 28.6 Å². The topological polar surface area (TPSA) is 103 Å². The zero-order valence-electron chi connectivity index (χ0n) is 20.4. The Kier molecular flexibility index (Phi) is 9.88. The lowest BCUT2D eigenvalue weighted by Gasteiger charge is -2.19. The molecule has 8 nitrogen and oxygen atoms in total. The summed E-state index contributed by atoms with van der Waals surface area (Å²) in [6.45, 7) is -0.0372. The monoisotopic (exact) mass is 490 g/mol. The van der Waals surface area contributed by atoms with E-state index in [1.165, 1.54) is 0 Å². The number of amides is 2. The van der Waals surface area contributed by atoms with Crippen LogP contribution in [-0.2, 0) is 20.7 Å². The molecule has 2 amide bonds. The van der Waals surface area contributed by atoms with Crippen LogP contribution in [0.5, 0.6) is 11.5 Å². The Hall–Kier alpha value is -4.33. The highest BCUT2D eigenvalue weighted by Gasteiger charge is 2.20. The first-order valence-corrected chi connectivity index (χ1v) is 11.5. The van der Waals surface area contributed by atoms with Gasteiger partial charge in [0.2, 0.25) is 0 Å². The number of rotatable bonds is 12. The van der Waals surface area contributed by atoms with E-state index in [-0.39, 0.29) is 12.3 Å². The van der Waals surface area contributed by atoms with Gasteiger partial charge in [-0.1, -0.05) is 54.6 Å². The summed E-state index contributed by atoms with van der Waals surface area (Å²) in [4.78, 5) is 37.3. The first-order chi connectivity index (χ1) is 17.5. The van der Waals surface area contributed by atoms with Crippen molar-refractivity contribution in [3.05, 3.63) is 95.6 Å². The van der Waals surface area contributed by atoms with Gasteiger partial charge >= 0.3 is 5.97 Å². The summed E-state index contributed by atoms with van der Waals surface area (Å²) in [6, 6.07) is 22.8. The van der Waals surface area contributed by atoms with Crippen molar-refractivity contribution in [3.63, 3.8) is 0 Å². The van der Waals surface area contributed by atoms with Crippen LogP contribution in [0, 0.1) is 0 Å². The summed E-state index contributed by atoms with van der Waals surface area (Å²) in [5, 5.41) is 5.61. The van der Waals surface area contributed by atoms with Crippen molar-refractivity contribution in [2.24, 2.45) is 0 Å². The zero-order valence-corrected chi connectivity index (χ0v) is 20.4. The van der Waals surface area contributed by atoms with E-state index < -0.39 is 24.5 Å². The molecule has 0 radical (unpaired) electrons. The smallest absolute Gasteiger partial charge is 0.308 e. The van der Waals surface area contributed by atoms with Gasteiger partial charge in [-0.25, -0.2) is 0 Å². The average Bonchev–Trinajstić information content (AvgIpc) is 2.92. The fraction of sp³-hybridized carbons (Fsp3) is 0.250. The molecule has 0 heterocycles. The Morgan fingerprint density at radius 2 is 1.50 bits per heavy atom. The molecule has 0 bridgehead atoms. The molecule has 3 rings (SSSR count). The molecule has 188 valence electrons. The lowest BCUT2D eigenvalue weighted by atomic mass is 10.0. The number of hydrogen-bond donors (Lipinski definition) is 2. The molecule has 0 fully saturated rings. The van der Waals surface area contributed by atoms with Crippen molar-refractivity contribution in [2.45, 2.75) is 18.9 Å². The quantitative estimate of drug-likeness (QED) is 0.377. The van der Waals surface area contributed by atoms with Gasteiger partial charge in [0.15, 0.2) is 18.1 Å². The van der Waals surface area contributed by atoms with Gasteiger partial charge in [-0.3, -0.25) is 14.4 Å². The van der Waals surface area contributed by atoms with E-state index in [1.807, 2.05) is 48.5 Å². The predicted molar refractivity (Wildman–Crippen MR) is 135 cm³/mol. The highest BCUT2D eigenvalue weighted by Crippen LogP contribution is 2.27. The minimum absolute atomic E-state index is 0.110. The maximum atomic E-state index is 12.6. The zero-order chi connectivity index (χ0) is 25.8. The number of carbonyl (C=O) groups excluding carboxylic acids is 3. The maximum absolute atomic E-state index is 12.6. The fourth-order valence-corrected chi connectivity index (χ4v) is 3.57. The lowest BCUT2D eigenvalue weighted by Crippen LogP contribution is -2.33. The molecule has 0 spiro atoms. The third kappa shape index (κ3) is 7.87. The number of benzene rings is 3. The molecule has 2 N–H and O–H groups in total.